The van der Waals surface area contributed by atoms with Gasteiger partial charge in [0.25, 0.3) is 0 Å². The van der Waals surface area contributed by atoms with Gasteiger partial charge in [-0.25, -0.2) is 0 Å². The number of ketones is 1. The number of ether oxygens (including phenoxy) is 1. The third kappa shape index (κ3) is 3.49. The molecule has 4 nitrogen and oxygen atoms in total. The Balaban J connectivity index is 1.51. The van der Waals surface area contributed by atoms with Crippen molar-refractivity contribution in [2.75, 3.05) is 45.9 Å². The minimum Gasteiger partial charge on any atom is -0.379 e. The van der Waals surface area contributed by atoms with Crippen LogP contribution in [0.4, 0.5) is 0 Å². The fourth-order valence-electron chi connectivity index (χ4n) is 2.94. The first kappa shape index (κ1) is 14.7. The lowest BCUT2D eigenvalue weighted by atomic mass is 10.2. The first-order valence-corrected chi connectivity index (χ1v) is 8.66. The summed E-state index contributed by atoms with van der Waals surface area (Å²) in [5.41, 5.74) is 0. The van der Waals surface area contributed by atoms with Crippen LogP contribution in [0.5, 0.6) is 0 Å². The molecule has 3 rings (SSSR count). The quantitative estimate of drug-likeness (QED) is 0.771. The van der Waals surface area contributed by atoms with Crippen LogP contribution < -0.4 is 0 Å². The van der Waals surface area contributed by atoms with Crippen molar-refractivity contribution in [2.24, 2.45) is 0 Å². The number of nitrogens with zero attached hydrogens (tertiary/aromatic N) is 2. The molecule has 20 heavy (non-hydrogen) atoms. The van der Waals surface area contributed by atoms with Crippen LogP contribution in [0.1, 0.15) is 16.1 Å². The Morgan fingerprint density at radius 3 is 2.85 bits per heavy atom. The predicted octanol–water partition coefficient (Wildman–Crippen LogP) is 2.10. The summed E-state index contributed by atoms with van der Waals surface area (Å²) in [7, 11) is 0. The standard InChI is InChI=1S/C14H19BrN2O2S/c15-14-2-1-13(20-14)12(18)10-16-4-3-11(9-16)17-5-7-19-8-6-17/h1-2,11H,3-10H2. The minimum atomic E-state index is 0.239. The van der Waals surface area contributed by atoms with Crippen LogP contribution in [-0.2, 0) is 4.74 Å². The lowest BCUT2D eigenvalue weighted by Gasteiger charge is -2.32. The van der Waals surface area contributed by atoms with Gasteiger partial charge in [0.05, 0.1) is 28.4 Å². The Kier molecular flexibility index (Phi) is 4.88. The van der Waals surface area contributed by atoms with Crippen LogP contribution in [0.2, 0.25) is 0 Å². The van der Waals surface area contributed by atoms with Crippen molar-refractivity contribution in [3.63, 3.8) is 0 Å². The molecule has 3 heterocycles. The predicted molar refractivity (Wildman–Crippen MR) is 83.6 cm³/mol. The van der Waals surface area contributed by atoms with Gasteiger partial charge in [-0.15, -0.1) is 11.3 Å². The molecule has 0 saturated carbocycles. The molecule has 0 spiro atoms. The van der Waals surface area contributed by atoms with Gasteiger partial charge in [-0.1, -0.05) is 0 Å². The zero-order valence-corrected chi connectivity index (χ0v) is 13.8. The van der Waals surface area contributed by atoms with Gasteiger partial charge in [0.2, 0.25) is 0 Å². The zero-order chi connectivity index (χ0) is 13.9. The smallest absolute Gasteiger partial charge is 0.186 e. The molecular formula is C14H19BrN2O2S. The molecule has 0 aliphatic carbocycles. The molecule has 2 saturated heterocycles. The number of likely N-dealkylation sites (tertiary alicyclic amines) is 1. The van der Waals surface area contributed by atoms with E-state index in [1.807, 2.05) is 12.1 Å². The van der Waals surface area contributed by atoms with Crippen LogP contribution in [0.25, 0.3) is 0 Å². The second kappa shape index (κ2) is 6.66. The van der Waals surface area contributed by atoms with Crippen LogP contribution in [0.15, 0.2) is 15.9 Å². The molecule has 0 aromatic carbocycles. The molecule has 2 fully saturated rings. The van der Waals surface area contributed by atoms with Crippen LogP contribution in [-0.4, -0.2) is 67.6 Å². The third-order valence-electron chi connectivity index (χ3n) is 4.02. The minimum absolute atomic E-state index is 0.239. The molecule has 2 aliphatic rings. The molecule has 1 aromatic heterocycles. The van der Waals surface area contributed by atoms with Crippen LogP contribution >= 0.6 is 27.3 Å². The number of morpholine rings is 1. The number of Topliss-reactive ketones (excluding diaryl/α,β-unsaturated/α-hetero) is 1. The van der Waals surface area contributed by atoms with E-state index in [1.54, 1.807) is 0 Å². The van der Waals surface area contributed by atoms with E-state index in [9.17, 15) is 4.79 Å². The van der Waals surface area contributed by atoms with Crippen LogP contribution in [0, 0.1) is 0 Å². The van der Waals surface area contributed by atoms with Crippen LogP contribution in [0.3, 0.4) is 0 Å². The zero-order valence-electron chi connectivity index (χ0n) is 11.4. The van der Waals surface area contributed by atoms with Crippen molar-refractivity contribution in [2.45, 2.75) is 12.5 Å². The van der Waals surface area contributed by atoms with Crippen molar-refractivity contribution in [1.82, 2.24) is 9.80 Å². The molecule has 0 radical (unpaired) electrons. The monoisotopic (exact) mass is 358 g/mol. The van der Waals surface area contributed by atoms with Gasteiger partial charge in [-0.2, -0.15) is 0 Å². The Hall–Kier alpha value is -0.270. The third-order valence-corrected chi connectivity index (χ3v) is 5.69. The van der Waals surface area contributed by atoms with E-state index < -0.39 is 0 Å². The highest BCUT2D eigenvalue weighted by Crippen LogP contribution is 2.23. The fraction of sp³-hybridized carbons (Fsp3) is 0.643. The molecule has 2 aliphatic heterocycles. The van der Waals surface area contributed by atoms with Crippen molar-refractivity contribution in [3.8, 4) is 0 Å². The van der Waals surface area contributed by atoms with E-state index in [-0.39, 0.29) is 5.78 Å². The van der Waals surface area contributed by atoms with Crippen molar-refractivity contribution < 1.29 is 9.53 Å². The van der Waals surface area contributed by atoms with E-state index in [2.05, 4.69) is 25.7 Å². The maximum absolute atomic E-state index is 12.2. The van der Waals surface area contributed by atoms with Crippen molar-refractivity contribution >= 4 is 33.0 Å². The van der Waals surface area contributed by atoms with Gasteiger partial charge in [-0.05, 0) is 34.5 Å². The van der Waals surface area contributed by atoms with E-state index in [0.29, 0.717) is 12.6 Å². The summed E-state index contributed by atoms with van der Waals surface area (Å²) in [6, 6.07) is 4.45. The molecule has 1 atom stereocenters. The molecule has 0 N–H and O–H groups in total. The Morgan fingerprint density at radius 2 is 2.15 bits per heavy atom. The summed E-state index contributed by atoms with van der Waals surface area (Å²) < 4.78 is 6.42. The lowest BCUT2D eigenvalue weighted by Crippen LogP contribution is -2.45. The van der Waals surface area contributed by atoms with E-state index in [4.69, 9.17) is 4.74 Å². The number of thiophene rings is 1. The van der Waals surface area contributed by atoms with Crippen molar-refractivity contribution in [3.05, 3.63) is 20.8 Å². The number of carbonyl (C=O) groups is 1. The van der Waals surface area contributed by atoms with Gasteiger partial charge < -0.3 is 4.74 Å². The molecule has 6 heteroatoms. The SMILES string of the molecule is O=C(CN1CCC(N2CCOCC2)C1)c1ccc(Br)s1. The molecule has 110 valence electrons. The summed E-state index contributed by atoms with van der Waals surface area (Å²) in [4.78, 5) is 17.9. The molecule has 0 bridgehead atoms. The number of halogens is 1. The van der Waals surface area contributed by atoms with Gasteiger partial charge in [0.1, 0.15) is 0 Å². The maximum atomic E-state index is 12.2. The Morgan fingerprint density at radius 1 is 1.35 bits per heavy atom. The number of rotatable bonds is 4. The highest BCUT2D eigenvalue weighted by Gasteiger charge is 2.29. The first-order valence-electron chi connectivity index (χ1n) is 7.05. The highest BCUT2D eigenvalue weighted by molar-refractivity contribution is 9.11. The summed E-state index contributed by atoms with van der Waals surface area (Å²) in [5, 5.41) is 0. The van der Waals surface area contributed by atoms with E-state index >= 15 is 0 Å². The fourth-order valence-corrected chi connectivity index (χ4v) is 4.26. The molecular weight excluding hydrogens is 340 g/mol. The van der Waals surface area contributed by atoms with Gasteiger partial charge in [-0.3, -0.25) is 14.6 Å². The first-order chi connectivity index (χ1) is 9.72. The average molecular weight is 359 g/mol. The number of hydrogen-bond acceptors (Lipinski definition) is 5. The second-order valence-electron chi connectivity index (χ2n) is 5.35. The Bertz CT molecular complexity index is 473. The van der Waals surface area contributed by atoms with Crippen molar-refractivity contribution in [1.29, 1.82) is 0 Å². The summed E-state index contributed by atoms with van der Waals surface area (Å²) in [5.74, 6) is 0.239. The summed E-state index contributed by atoms with van der Waals surface area (Å²) in [6.45, 7) is 6.35. The summed E-state index contributed by atoms with van der Waals surface area (Å²) >= 11 is 4.93. The molecule has 1 unspecified atom stereocenters. The van der Waals surface area contributed by atoms with Gasteiger partial charge in [0, 0.05) is 32.2 Å². The second-order valence-corrected chi connectivity index (χ2v) is 7.82. The Labute approximate surface area is 131 Å². The van der Waals surface area contributed by atoms with E-state index in [1.165, 1.54) is 17.8 Å². The maximum Gasteiger partial charge on any atom is 0.186 e. The van der Waals surface area contributed by atoms with Gasteiger partial charge in [0.15, 0.2) is 5.78 Å². The average Bonchev–Trinajstić information content (AvgIpc) is 3.09. The van der Waals surface area contributed by atoms with Gasteiger partial charge >= 0.3 is 0 Å². The molecule has 1 aromatic rings. The topological polar surface area (TPSA) is 32.8 Å². The number of hydrogen-bond donors (Lipinski definition) is 0. The largest absolute Gasteiger partial charge is 0.379 e. The number of carbonyl (C=O) groups excluding carboxylic acids is 1. The lowest BCUT2D eigenvalue weighted by molar-refractivity contribution is 0.0185. The van der Waals surface area contributed by atoms with E-state index in [0.717, 1.165) is 48.1 Å². The normalized spacial score (nSPS) is 25.1. The highest BCUT2D eigenvalue weighted by atomic mass is 79.9. The summed E-state index contributed by atoms with van der Waals surface area (Å²) in [6.07, 6.45) is 1.17. The molecule has 0 amide bonds.